The molecule has 2 rings (SSSR count). The average molecular weight is 267 g/mol. The van der Waals surface area contributed by atoms with E-state index in [4.69, 9.17) is 0 Å². The maximum Gasteiger partial charge on any atom is 0.0948 e. The number of aryl methyl sites for hydroxylation is 1. The van der Waals surface area contributed by atoms with Crippen LogP contribution in [0.25, 0.3) is 0 Å². The molecule has 18 heavy (non-hydrogen) atoms. The summed E-state index contributed by atoms with van der Waals surface area (Å²) < 4.78 is 2.38. The van der Waals surface area contributed by atoms with Crippen molar-refractivity contribution in [2.75, 3.05) is 25.1 Å². The lowest BCUT2D eigenvalue weighted by atomic mass is 9.78. The predicted octanol–water partition coefficient (Wildman–Crippen LogP) is 2.67. The third kappa shape index (κ3) is 3.29. The van der Waals surface area contributed by atoms with E-state index in [0.717, 1.165) is 19.6 Å². The van der Waals surface area contributed by atoms with Crippen molar-refractivity contribution in [2.24, 2.45) is 0 Å². The van der Waals surface area contributed by atoms with Crippen LogP contribution < -0.4 is 5.32 Å². The smallest absolute Gasteiger partial charge is 0.0948 e. The summed E-state index contributed by atoms with van der Waals surface area (Å²) >= 11 is 1.94. The summed E-state index contributed by atoms with van der Waals surface area (Å²) in [6, 6.07) is 0. The Bertz CT molecular complexity index is 356. The molecule has 1 N–H and O–H groups in total. The van der Waals surface area contributed by atoms with Crippen molar-refractivity contribution >= 4 is 11.8 Å². The van der Waals surface area contributed by atoms with Crippen molar-refractivity contribution in [1.29, 1.82) is 0 Å². The Hall–Kier alpha value is -0.480. The molecule has 0 aliphatic carbocycles. The minimum atomic E-state index is 0.321. The third-order valence-corrected chi connectivity index (χ3v) is 4.73. The van der Waals surface area contributed by atoms with Crippen molar-refractivity contribution in [2.45, 2.75) is 44.6 Å². The molecule has 0 aromatic carbocycles. The minimum absolute atomic E-state index is 0.321. The van der Waals surface area contributed by atoms with E-state index in [1.54, 1.807) is 0 Å². The van der Waals surface area contributed by atoms with E-state index in [0.29, 0.717) is 5.41 Å². The molecule has 0 unspecified atom stereocenters. The van der Waals surface area contributed by atoms with Crippen LogP contribution in [0.3, 0.4) is 0 Å². The van der Waals surface area contributed by atoms with Gasteiger partial charge < -0.3 is 9.88 Å². The van der Waals surface area contributed by atoms with Gasteiger partial charge in [0.1, 0.15) is 0 Å². The Morgan fingerprint density at radius 2 is 2.17 bits per heavy atom. The van der Waals surface area contributed by atoms with Gasteiger partial charge in [-0.05, 0) is 50.8 Å². The van der Waals surface area contributed by atoms with Crippen LogP contribution in [-0.2, 0) is 12.0 Å². The number of piperidine rings is 1. The zero-order valence-corrected chi connectivity index (χ0v) is 12.4. The van der Waals surface area contributed by atoms with Gasteiger partial charge in [0, 0.05) is 23.9 Å². The average Bonchev–Trinajstić information content (AvgIpc) is 2.85. The van der Waals surface area contributed by atoms with Crippen molar-refractivity contribution in [1.82, 2.24) is 14.9 Å². The first-order chi connectivity index (χ1) is 8.76. The number of thioether (sulfide) groups is 1. The van der Waals surface area contributed by atoms with E-state index in [-0.39, 0.29) is 0 Å². The lowest BCUT2D eigenvalue weighted by Crippen LogP contribution is -2.39. The molecule has 0 radical (unpaired) electrons. The van der Waals surface area contributed by atoms with Gasteiger partial charge in [-0.2, -0.15) is 11.8 Å². The van der Waals surface area contributed by atoms with E-state index < -0.39 is 0 Å². The molecular formula is C14H25N3S. The first-order valence-corrected chi connectivity index (χ1v) is 8.36. The van der Waals surface area contributed by atoms with Crippen LogP contribution in [0.15, 0.2) is 12.5 Å². The molecule has 4 heteroatoms. The SMILES string of the molecule is CSCCCCn1cncc1C1(C)CCNCC1. The number of unbranched alkanes of at least 4 members (excludes halogenated alkanes) is 1. The lowest BCUT2D eigenvalue weighted by Gasteiger charge is -2.34. The van der Waals surface area contributed by atoms with E-state index in [9.17, 15) is 0 Å². The number of rotatable bonds is 6. The molecular weight excluding hydrogens is 242 g/mol. The topological polar surface area (TPSA) is 29.9 Å². The van der Waals surface area contributed by atoms with Gasteiger partial charge >= 0.3 is 0 Å². The zero-order valence-electron chi connectivity index (χ0n) is 11.6. The predicted molar refractivity (Wildman–Crippen MR) is 79.3 cm³/mol. The third-order valence-electron chi connectivity index (χ3n) is 4.04. The number of nitrogens with zero attached hydrogens (tertiary/aromatic N) is 2. The van der Waals surface area contributed by atoms with Gasteiger partial charge in [-0.3, -0.25) is 0 Å². The molecule has 1 fully saturated rings. The summed E-state index contributed by atoms with van der Waals surface area (Å²) in [6.45, 7) is 5.78. The number of nitrogens with one attached hydrogen (secondary N) is 1. The standard InChI is InChI=1S/C14H25N3S/c1-14(5-7-15-8-6-14)13-11-16-12-17(13)9-3-4-10-18-2/h11-12,15H,3-10H2,1-2H3. The van der Waals surface area contributed by atoms with Crippen LogP contribution in [0, 0.1) is 0 Å². The minimum Gasteiger partial charge on any atom is -0.334 e. The number of aromatic nitrogens is 2. The van der Waals surface area contributed by atoms with Gasteiger partial charge in [-0.15, -0.1) is 0 Å². The van der Waals surface area contributed by atoms with Crippen molar-refractivity contribution in [3.05, 3.63) is 18.2 Å². The molecule has 1 aliphatic heterocycles. The molecule has 1 aromatic rings. The van der Waals surface area contributed by atoms with Gasteiger partial charge in [0.25, 0.3) is 0 Å². The highest BCUT2D eigenvalue weighted by Crippen LogP contribution is 2.32. The van der Waals surface area contributed by atoms with Crippen LogP contribution in [0.1, 0.15) is 38.3 Å². The van der Waals surface area contributed by atoms with Crippen molar-refractivity contribution in [3.63, 3.8) is 0 Å². The summed E-state index contributed by atoms with van der Waals surface area (Å²) in [5.41, 5.74) is 1.76. The highest BCUT2D eigenvalue weighted by Gasteiger charge is 2.31. The van der Waals surface area contributed by atoms with Gasteiger partial charge in [0.15, 0.2) is 0 Å². The summed E-state index contributed by atoms with van der Waals surface area (Å²) in [6.07, 6.45) is 11.3. The highest BCUT2D eigenvalue weighted by atomic mass is 32.2. The van der Waals surface area contributed by atoms with E-state index in [1.807, 2.05) is 18.1 Å². The number of hydrogen-bond donors (Lipinski definition) is 1. The number of imidazole rings is 1. The lowest BCUT2D eigenvalue weighted by molar-refractivity contribution is 0.316. The second kappa shape index (κ2) is 6.62. The Morgan fingerprint density at radius 3 is 2.89 bits per heavy atom. The summed E-state index contributed by atoms with van der Waals surface area (Å²) in [7, 11) is 0. The largest absolute Gasteiger partial charge is 0.334 e. The maximum atomic E-state index is 4.38. The van der Waals surface area contributed by atoms with E-state index in [1.165, 1.54) is 37.1 Å². The second-order valence-electron chi connectivity index (χ2n) is 5.48. The summed E-state index contributed by atoms with van der Waals surface area (Å²) in [5, 5.41) is 3.45. The monoisotopic (exact) mass is 267 g/mol. The van der Waals surface area contributed by atoms with Crippen LogP contribution >= 0.6 is 11.8 Å². The highest BCUT2D eigenvalue weighted by molar-refractivity contribution is 7.98. The van der Waals surface area contributed by atoms with E-state index in [2.05, 4.69) is 34.2 Å². The molecule has 0 saturated carbocycles. The van der Waals surface area contributed by atoms with Gasteiger partial charge in [0.2, 0.25) is 0 Å². The van der Waals surface area contributed by atoms with Crippen LogP contribution in [0.4, 0.5) is 0 Å². The molecule has 0 atom stereocenters. The Kier molecular flexibility index (Phi) is 5.13. The van der Waals surface area contributed by atoms with Crippen LogP contribution in [-0.4, -0.2) is 34.6 Å². The molecule has 1 saturated heterocycles. The summed E-state index contributed by atoms with van der Waals surface area (Å²) in [4.78, 5) is 4.38. The van der Waals surface area contributed by atoms with Gasteiger partial charge in [0.05, 0.1) is 6.33 Å². The fourth-order valence-corrected chi connectivity index (χ4v) is 3.26. The van der Waals surface area contributed by atoms with Crippen molar-refractivity contribution in [3.8, 4) is 0 Å². The quantitative estimate of drug-likeness (QED) is 0.804. The fraction of sp³-hybridized carbons (Fsp3) is 0.786. The van der Waals surface area contributed by atoms with E-state index >= 15 is 0 Å². The Balaban J connectivity index is 1.98. The molecule has 0 amide bonds. The van der Waals surface area contributed by atoms with Crippen molar-refractivity contribution < 1.29 is 0 Å². The molecule has 2 heterocycles. The van der Waals surface area contributed by atoms with Crippen LogP contribution in [0.5, 0.6) is 0 Å². The second-order valence-corrected chi connectivity index (χ2v) is 6.47. The summed E-state index contributed by atoms with van der Waals surface area (Å²) in [5.74, 6) is 1.27. The van der Waals surface area contributed by atoms with Gasteiger partial charge in [-0.1, -0.05) is 6.92 Å². The molecule has 3 nitrogen and oxygen atoms in total. The molecule has 1 aromatic heterocycles. The van der Waals surface area contributed by atoms with Gasteiger partial charge in [-0.25, -0.2) is 4.98 Å². The fourth-order valence-electron chi connectivity index (χ4n) is 2.76. The molecule has 0 spiro atoms. The Labute approximate surface area is 115 Å². The number of hydrogen-bond acceptors (Lipinski definition) is 3. The normalized spacial score (nSPS) is 19.0. The molecule has 0 bridgehead atoms. The first kappa shape index (κ1) is 13.9. The molecule has 102 valence electrons. The Morgan fingerprint density at radius 1 is 1.39 bits per heavy atom. The first-order valence-electron chi connectivity index (χ1n) is 6.96. The molecule has 1 aliphatic rings. The maximum absolute atomic E-state index is 4.38. The zero-order chi connectivity index (χ0) is 12.8. The van der Waals surface area contributed by atoms with Crippen LogP contribution in [0.2, 0.25) is 0 Å².